The van der Waals surface area contributed by atoms with Gasteiger partial charge in [-0.1, -0.05) is 30.3 Å². The van der Waals surface area contributed by atoms with Gasteiger partial charge in [0.15, 0.2) is 0 Å². The van der Waals surface area contributed by atoms with Crippen molar-refractivity contribution in [2.75, 3.05) is 17.2 Å². The minimum absolute atomic E-state index is 0.481. The van der Waals surface area contributed by atoms with Gasteiger partial charge in [0, 0.05) is 31.7 Å². The van der Waals surface area contributed by atoms with Crippen LogP contribution in [0.2, 0.25) is 0 Å². The third-order valence-corrected chi connectivity index (χ3v) is 3.58. The molecule has 0 aliphatic carbocycles. The minimum Gasteiger partial charge on any atom is -0.384 e. The van der Waals surface area contributed by atoms with E-state index in [1.165, 1.54) is 11.1 Å². The summed E-state index contributed by atoms with van der Waals surface area (Å²) in [7, 11) is 0. The molecule has 0 fully saturated rings. The monoisotopic (exact) mass is 305 g/mol. The first-order valence-corrected chi connectivity index (χ1v) is 7.57. The molecule has 0 aliphatic heterocycles. The molecule has 2 heterocycles. The molecule has 0 unspecified atom stereocenters. The van der Waals surface area contributed by atoms with Crippen LogP contribution >= 0.6 is 0 Å². The van der Waals surface area contributed by atoms with Gasteiger partial charge in [-0.25, -0.2) is 4.98 Å². The van der Waals surface area contributed by atoms with E-state index in [0.29, 0.717) is 11.8 Å². The van der Waals surface area contributed by atoms with E-state index in [1.807, 2.05) is 18.2 Å². The van der Waals surface area contributed by atoms with Crippen LogP contribution in [0.25, 0.3) is 0 Å². The molecule has 5 heteroatoms. The van der Waals surface area contributed by atoms with E-state index in [4.69, 9.17) is 5.73 Å². The Morgan fingerprint density at radius 3 is 2.39 bits per heavy atom. The Kier molecular flexibility index (Phi) is 4.79. The van der Waals surface area contributed by atoms with Crippen molar-refractivity contribution in [2.24, 2.45) is 0 Å². The molecule has 0 aliphatic rings. The molecule has 5 nitrogen and oxygen atoms in total. The lowest BCUT2D eigenvalue weighted by atomic mass is 10.1. The normalized spacial score (nSPS) is 10.4. The van der Waals surface area contributed by atoms with E-state index in [-0.39, 0.29) is 0 Å². The third kappa shape index (κ3) is 4.26. The van der Waals surface area contributed by atoms with Crippen molar-refractivity contribution >= 4 is 11.8 Å². The quantitative estimate of drug-likeness (QED) is 0.758. The first-order chi connectivity index (χ1) is 11.3. The van der Waals surface area contributed by atoms with Crippen molar-refractivity contribution in [3.63, 3.8) is 0 Å². The zero-order valence-corrected chi connectivity index (χ0v) is 12.8. The molecular weight excluding hydrogens is 286 g/mol. The Morgan fingerprint density at radius 2 is 1.65 bits per heavy atom. The highest BCUT2D eigenvalue weighted by atomic mass is 15.3. The Balaban J connectivity index is 1.78. The summed E-state index contributed by atoms with van der Waals surface area (Å²) in [5.41, 5.74) is 8.26. The molecule has 0 bridgehead atoms. The average molecular weight is 305 g/mol. The molecule has 3 aromatic rings. The van der Waals surface area contributed by atoms with Crippen LogP contribution in [0.5, 0.6) is 0 Å². The number of aromatic nitrogens is 3. The number of hydrogen-bond donors (Lipinski definition) is 1. The summed E-state index contributed by atoms with van der Waals surface area (Å²) < 4.78 is 0. The first-order valence-electron chi connectivity index (χ1n) is 7.57. The molecule has 0 atom stereocenters. The third-order valence-electron chi connectivity index (χ3n) is 3.58. The predicted molar refractivity (Wildman–Crippen MR) is 91.9 cm³/mol. The second-order valence-corrected chi connectivity index (χ2v) is 5.29. The van der Waals surface area contributed by atoms with Gasteiger partial charge in [-0.3, -0.25) is 4.98 Å². The Morgan fingerprint density at radius 1 is 0.870 bits per heavy atom. The molecule has 0 saturated carbocycles. The van der Waals surface area contributed by atoms with E-state index in [2.05, 4.69) is 44.1 Å². The second-order valence-electron chi connectivity index (χ2n) is 5.29. The topological polar surface area (TPSA) is 67.9 Å². The van der Waals surface area contributed by atoms with E-state index in [9.17, 15) is 0 Å². The number of pyridine rings is 1. The van der Waals surface area contributed by atoms with Crippen LogP contribution in [-0.2, 0) is 13.0 Å². The number of nitrogen functional groups attached to an aromatic ring is 1. The molecule has 1 aromatic carbocycles. The van der Waals surface area contributed by atoms with Crippen LogP contribution in [0.3, 0.4) is 0 Å². The largest absolute Gasteiger partial charge is 0.384 e. The van der Waals surface area contributed by atoms with Gasteiger partial charge < -0.3 is 10.6 Å². The molecule has 0 radical (unpaired) electrons. The number of anilines is 2. The molecule has 0 amide bonds. The van der Waals surface area contributed by atoms with Gasteiger partial charge >= 0.3 is 0 Å². The van der Waals surface area contributed by atoms with Gasteiger partial charge in [-0.05, 0) is 35.7 Å². The molecule has 2 N–H and O–H groups in total. The van der Waals surface area contributed by atoms with Gasteiger partial charge in [0.05, 0.1) is 0 Å². The number of rotatable bonds is 6. The van der Waals surface area contributed by atoms with Crippen molar-refractivity contribution in [1.82, 2.24) is 15.0 Å². The van der Waals surface area contributed by atoms with Gasteiger partial charge in [0.25, 0.3) is 0 Å². The van der Waals surface area contributed by atoms with Crippen molar-refractivity contribution in [3.8, 4) is 0 Å². The summed E-state index contributed by atoms with van der Waals surface area (Å²) in [6.07, 6.45) is 6.21. The van der Waals surface area contributed by atoms with Gasteiger partial charge in [-0.2, -0.15) is 4.98 Å². The summed E-state index contributed by atoms with van der Waals surface area (Å²) >= 11 is 0. The Labute approximate surface area is 135 Å². The molecule has 2 aromatic heterocycles. The summed E-state index contributed by atoms with van der Waals surface area (Å²) in [4.78, 5) is 14.9. The van der Waals surface area contributed by atoms with E-state index in [1.54, 1.807) is 24.7 Å². The maximum absolute atomic E-state index is 5.81. The number of nitrogens with zero attached hydrogens (tertiary/aromatic N) is 4. The van der Waals surface area contributed by atoms with Gasteiger partial charge in [0.2, 0.25) is 5.95 Å². The van der Waals surface area contributed by atoms with Crippen molar-refractivity contribution in [2.45, 2.75) is 13.0 Å². The van der Waals surface area contributed by atoms with Crippen LogP contribution in [0.15, 0.2) is 67.1 Å². The summed E-state index contributed by atoms with van der Waals surface area (Å²) in [6, 6.07) is 16.1. The van der Waals surface area contributed by atoms with Crippen molar-refractivity contribution in [3.05, 3.63) is 78.2 Å². The highest BCUT2D eigenvalue weighted by Crippen LogP contribution is 2.14. The lowest BCUT2D eigenvalue weighted by Crippen LogP contribution is -2.27. The molecule has 23 heavy (non-hydrogen) atoms. The van der Waals surface area contributed by atoms with Crippen LogP contribution in [0.1, 0.15) is 11.1 Å². The molecular formula is C18H19N5. The molecule has 116 valence electrons. The number of nitrogens with two attached hydrogens (primary N) is 1. The lowest BCUT2D eigenvalue weighted by molar-refractivity contribution is 0.751. The minimum atomic E-state index is 0.481. The van der Waals surface area contributed by atoms with Crippen LogP contribution in [0.4, 0.5) is 11.8 Å². The molecule has 3 rings (SSSR count). The SMILES string of the molecule is Nc1ccnc(N(CCc2ccccc2)Cc2ccncc2)n1. The zero-order chi connectivity index (χ0) is 15.9. The van der Waals surface area contributed by atoms with Crippen molar-refractivity contribution in [1.29, 1.82) is 0 Å². The van der Waals surface area contributed by atoms with E-state index in [0.717, 1.165) is 19.5 Å². The summed E-state index contributed by atoms with van der Waals surface area (Å²) in [6.45, 7) is 1.54. The predicted octanol–water partition coefficient (Wildman–Crippen LogP) is 2.70. The molecule has 0 saturated heterocycles. The standard InChI is InChI=1S/C18H19N5/c19-17-8-12-21-18(22-17)23(14-16-6-10-20-11-7-16)13-9-15-4-2-1-3-5-15/h1-8,10-12H,9,13-14H2,(H2,19,21,22). The summed E-state index contributed by atoms with van der Waals surface area (Å²) in [5.74, 6) is 1.13. The average Bonchev–Trinajstić information content (AvgIpc) is 2.60. The smallest absolute Gasteiger partial charge is 0.227 e. The van der Waals surface area contributed by atoms with Crippen LogP contribution < -0.4 is 10.6 Å². The van der Waals surface area contributed by atoms with Crippen LogP contribution in [0, 0.1) is 0 Å². The summed E-state index contributed by atoms with van der Waals surface area (Å²) in [5, 5.41) is 0. The Bertz CT molecular complexity index is 731. The maximum atomic E-state index is 5.81. The van der Waals surface area contributed by atoms with Crippen LogP contribution in [-0.4, -0.2) is 21.5 Å². The zero-order valence-electron chi connectivity index (χ0n) is 12.8. The number of hydrogen-bond acceptors (Lipinski definition) is 5. The molecule has 0 spiro atoms. The highest BCUT2D eigenvalue weighted by Gasteiger charge is 2.11. The van der Waals surface area contributed by atoms with Gasteiger partial charge in [-0.15, -0.1) is 0 Å². The van der Waals surface area contributed by atoms with E-state index < -0.39 is 0 Å². The first kappa shape index (κ1) is 15.0. The number of benzene rings is 1. The fourth-order valence-electron chi connectivity index (χ4n) is 2.38. The maximum Gasteiger partial charge on any atom is 0.227 e. The van der Waals surface area contributed by atoms with Gasteiger partial charge in [0.1, 0.15) is 5.82 Å². The lowest BCUT2D eigenvalue weighted by Gasteiger charge is -2.23. The Hall–Kier alpha value is -2.95. The fourth-order valence-corrected chi connectivity index (χ4v) is 2.38. The van der Waals surface area contributed by atoms with E-state index >= 15 is 0 Å². The van der Waals surface area contributed by atoms with Crippen molar-refractivity contribution < 1.29 is 0 Å². The fraction of sp³-hybridized carbons (Fsp3) is 0.167. The second kappa shape index (κ2) is 7.35. The highest BCUT2D eigenvalue weighted by molar-refractivity contribution is 5.39.